The van der Waals surface area contributed by atoms with Crippen LogP contribution >= 0.6 is 15.9 Å². The molecule has 1 aromatic carbocycles. The second-order valence-corrected chi connectivity index (χ2v) is 5.98. The van der Waals surface area contributed by atoms with Crippen molar-refractivity contribution in [3.63, 3.8) is 0 Å². The molecule has 1 aromatic heterocycles. The Kier molecular flexibility index (Phi) is 3.23. The third kappa shape index (κ3) is 2.05. The van der Waals surface area contributed by atoms with E-state index in [0.717, 1.165) is 21.1 Å². The van der Waals surface area contributed by atoms with Gasteiger partial charge in [0.05, 0.1) is 5.41 Å². The van der Waals surface area contributed by atoms with Crippen molar-refractivity contribution in [3.8, 4) is 0 Å². The summed E-state index contributed by atoms with van der Waals surface area (Å²) in [5.74, 6) is -0.782. The van der Waals surface area contributed by atoms with E-state index < -0.39 is 11.4 Å². The second-order valence-electron chi connectivity index (χ2n) is 5.19. The van der Waals surface area contributed by atoms with Crippen LogP contribution < -0.4 is 0 Å². The van der Waals surface area contributed by atoms with Crippen LogP contribution in [-0.2, 0) is 11.3 Å². The van der Waals surface area contributed by atoms with E-state index in [2.05, 4.69) is 20.5 Å². The molecule has 0 aliphatic heterocycles. The summed E-state index contributed by atoms with van der Waals surface area (Å²) in [5.41, 5.74) is 1.34. The lowest BCUT2D eigenvalue weighted by Gasteiger charge is -2.21. The number of hydrogen-bond acceptors (Lipinski definition) is 1. The van der Waals surface area contributed by atoms with Gasteiger partial charge in [0.25, 0.3) is 0 Å². The average Bonchev–Trinajstić information content (AvgIpc) is 2.55. The van der Waals surface area contributed by atoms with Gasteiger partial charge >= 0.3 is 5.97 Å². The van der Waals surface area contributed by atoms with Crippen molar-refractivity contribution < 1.29 is 9.90 Å². The van der Waals surface area contributed by atoms with Crippen LogP contribution in [0.25, 0.3) is 10.9 Å². The number of benzene rings is 1. The number of aromatic nitrogens is 1. The van der Waals surface area contributed by atoms with E-state index >= 15 is 0 Å². The van der Waals surface area contributed by atoms with E-state index in [4.69, 9.17) is 0 Å². The third-order valence-corrected chi connectivity index (χ3v) is 4.29. The number of para-hydroxylation sites is 1. The van der Waals surface area contributed by atoms with Crippen molar-refractivity contribution in [2.45, 2.75) is 27.3 Å². The summed E-state index contributed by atoms with van der Waals surface area (Å²) in [6, 6.07) is 8.01. The van der Waals surface area contributed by atoms with Gasteiger partial charge in [-0.2, -0.15) is 0 Å². The molecule has 0 aliphatic carbocycles. The highest BCUT2D eigenvalue weighted by Gasteiger charge is 2.29. The maximum atomic E-state index is 11.3. The van der Waals surface area contributed by atoms with Crippen molar-refractivity contribution >= 4 is 32.8 Å². The molecule has 0 atom stereocenters. The number of carboxylic acids is 1. The molecule has 18 heavy (non-hydrogen) atoms. The van der Waals surface area contributed by atoms with Gasteiger partial charge < -0.3 is 9.67 Å². The van der Waals surface area contributed by atoms with Crippen LogP contribution in [0.2, 0.25) is 0 Å². The summed E-state index contributed by atoms with van der Waals surface area (Å²) >= 11 is 3.58. The van der Waals surface area contributed by atoms with Crippen LogP contribution in [0.5, 0.6) is 0 Å². The zero-order valence-corrected chi connectivity index (χ0v) is 12.3. The molecule has 0 bridgehead atoms. The summed E-state index contributed by atoms with van der Waals surface area (Å²) in [6.07, 6.45) is 0. The molecule has 0 unspecified atom stereocenters. The number of carbonyl (C=O) groups is 1. The molecule has 3 nitrogen and oxygen atoms in total. The lowest BCUT2D eigenvalue weighted by Crippen LogP contribution is -2.29. The lowest BCUT2D eigenvalue weighted by molar-refractivity contribution is -0.147. The predicted molar refractivity (Wildman–Crippen MR) is 75.8 cm³/mol. The molecule has 0 saturated carbocycles. The lowest BCUT2D eigenvalue weighted by atomic mass is 9.93. The normalized spacial score (nSPS) is 12.0. The van der Waals surface area contributed by atoms with Crippen LogP contribution in [0.3, 0.4) is 0 Å². The molecular weight excluding hydrogens is 294 g/mol. The summed E-state index contributed by atoms with van der Waals surface area (Å²) in [5, 5.41) is 10.4. The molecule has 0 aliphatic rings. The largest absolute Gasteiger partial charge is 0.481 e. The van der Waals surface area contributed by atoms with Gasteiger partial charge in [0.15, 0.2) is 0 Å². The zero-order valence-electron chi connectivity index (χ0n) is 10.7. The highest BCUT2D eigenvalue weighted by molar-refractivity contribution is 9.10. The Labute approximate surface area is 115 Å². The second kappa shape index (κ2) is 4.43. The minimum atomic E-state index is -0.786. The molecule has 0 amide bonds. The minimum Gasteiger partial charge on any atom is -0.481 e. The molecule has 4 heteroatoms. The fraction of sp³-hybridized carbons (Fsp3) is 0.357. The van der Waals surface area contributed by atoms with E-state index in [1.54, 1.807) is 13.8 Å². The number of rotatable bonds is 3. The van der Waals surface area contributed by atoms with Gasteiger partial charge in [0.1, 0.15) is 0 Å². The molecule has 1 N–H and O–H groups in total. The summed E-state index contributed by atoms with van der Waals surface area (Å²) < 4.78 is 3.10. The van der Waals surface area contributed by atoms with E-state index in [-0.39, 0.29) is 0 Å². The molecule has 0 spiro atoms. The van der Waals surface area contributed by atoms with Crippen LogP contribution in [0.1, 0.15) is 19.5 Å². The number of aliphatic carboxylic acids is 1. The van der Waals surface area contributed by atoms with Gasteiger partial charge in [-0.1, -0.05) is 18.2 Å². The first-order valence-corrected chi connectivity index (χ1v) is 6.60. The van der Waals surface area contributed by atoms with Crippen molar-refractivity contribution in [3.05, 3.63) is 34.4 Å². The van der Waals surface area contributed by atoms with Crippen molar-refractivity contribution in [1.82, 2.24) is 4.57 Å². The molecular formula is C14H16BrNO2. The van der Waals surface area contributed by atoms with Gasteiger partial charge in [-0.05, 0) is 42.8 Å². The maximum absolute atomic E-state index is 11.3. The Hall–Kier alpha value is -1.29. The summed E-state index contributed by atoms with van der Waals surface area (Å²) in [7, 11) is 0. The molecule has 0 fully saturated rings. The molecule has 2 rings (SSSR count). The van der Waals surface area contributed by atoms with E-state index in [9.17, 15) is 9.90 Å². The van der Waals surface area contributed by atoms with Crippen LogP contribution in [0, 0.1) is 12.3 Å². The molecule has 1 heterocycles. The Morgan fingerprint density at radius 3 is 2.61 bits per heavy atom. The first-order valence-electron chi connectivity index (χ1n) is 5.81. The van der Waals surface area contributed by atoms with Crippen LogP contribution in [-0.4, -0.2) is 15.6 Å². The fourth-order valence-corrected chi connectivity index (χ4v) is 2.60. The molecule has 96 valence electrons. The number of nitrogens with zero attached hydrogens (tertiary/aromatic N) is 1. The Morgan fingerprint density at radius 2 is 2.00 bits per heavy atom. The smallest absolute Gasteiger partial charge is 0.310 e. The average molecular weight is 310 g/mol. The minimum absolute atomic E-state index is 0.459. The Bertz CT molecular complexity index is 614. The molecule has 0 saturated heterocycles. The van der Waals surface area contributed by atoms with Gasteiger partial charge in [0.2, 0.25) is 0 Å². The Balaban J connectivity index is 2.58. The monoisotopic (exact) mass is 309 g/mol. The Morgan fingerprint density at radius 1 is 1.39 bits per heavy atom. The summed E-state index contributed by atoms with van der Waals surface area (Å²) in [6.45, 7) is 5.96. The highest BCUT2D eigenvalue weighted by Crippen LogP contribution is 2.32. The summed E-state index contributed by atoms with van der Waals surface area (Å²) in [4.78, 5) is 11.3. The molecule has 2 aromatic rings. The van der Waals surface area contributed by atoms with Crippen LogP contribution in [0.4, 0.5) is 0 Å². The number of hydrogen-bond donors (Lipinski definition) is 1. The van der Waals surface area contributed by atoms with Crippen molar-refractivity contribution in [1.29, 1.82) is 0 Å². The van der Waals surface area contributed by atoms with E-state index in [1.165, 1.54) is 0 Å². The SMILES string of the molecule is Cc1c(Br)c2ccccc2n1CC(C)(C)C(=O)O. The van der Waals surface area contributed by atoms with E-state index in [0.29, 0.717) is 6.54 Å². The van der Waals surface area contributed by atoms with Crippen molar-refractivity contribution in [2.75, 3.05) is 0 Å². The van der Waals surface area contributed by atoms with Gasteiger partial charge in [-0.3, -0.25) is 4.79 Å². The first-order chi connectivity index (χ1) is 8.34. The topological polar surface area (TPSA) is 42.2 Å². The first kappa shape index (κ1) is 13.1. The van der Waals surface area contributed by atoms with Crippen molar-refractivity contribution in [2.24, 2.45) is 5.41 Å². The highest BCUT2D eigenvalue weighted by atomic mass is 79.9. The predicted octanol–water partition coefficient (Wildman–Crippen LogP) is 3.82. The van der Waals surface area contributed by atoms with E-state index in [1.807, 2.05) is 31.2 Å². The number of halogens is 1. The zero-order chi connectivity index (χ0) is 13.5. The number of fused-ring (bicyclic) bond motifs is 1. The van der Waals surface area contributed by atoms with Gasteiger partial charge in [-0.15, -0.1) is 0 Å². The molecule has 0 radical (unpaired) electrons. The third-order valence-electron chi connectivity index (χ3n) is 3.29. The van der Waals surface area contributed by atoms with Gasteiger partial charge in [0, 0.05) is 27.6 Å². The fourth-order valence-electron chi connectivity index (χ4n) is 2.06. The maximum Gasteiger partial charge on any atom is 0.310 e. The standard InChI is InChI=1S/C14H16BrNO2/c1-9-12(15)10-6-4-5-7-11(10)16(9)8-14(2,3)13(17)18/h4-7H,8H2,1-3H3,(H,17,18). The van der Waals surface area contributed by atoms with Gasteiger partial charge in [-0.25, -0.2) is 0 Å². The quantitative estimate of drug-likeness (QED) is 0.936. The van der Waals surface area contributed by atoms with Crippen LogP contribution in [0.15, 0.2) is 28.7 Å². The number of carboxylic acid groups (broad SMARTS) is 1.